The number of carboxylic acids is 1. The maximum absolute atomic E-state index is 10.9. The number of aromatic nitrogens is 1. The van der Waals surface area contributed by atoms with Crippen LogP contribution in [0.15, 0.2) is 10.6 Å². The molecule has 0 bridgehead atoms. The number of carboxylic acid groups (broad SMARTS) is 1. The summed E-state index contributed by atoms with van der Waals surface area (Å²) < 4.78 is 5.99. The molecule has 6 heteroatoms. The third kappa shape index (κ3) is 4.80. The Labute approximate surface area is 144 Å². The molecule has 1 saturated heterocycles. The quantitative estimate of drug-likeness (QED) is 0.891. The van der Waals surface area contributed by atoms with Gasteiger partial charge in [-0.1, -0.05) is 20.8 Å². The van der Waals surface area contributed by atoms with Gasteiger partial charge in [0.25, 0.3) is 0 Å². The number of hydrogen-bond donors (Lipinski definition) is 1. The number of rotatable bonds is 5. The summed E-state index contributed by atoms with van der Waals surface area (Å²) in [6.45, 7) is 10.5. The summed E-state index contributed by atoms with van der Waals surface area (Å²) in [5.41, 5.74) is -0.0333. The molecule has 0 aromatic carbocycles. The zero-order chi connectivity index (χ0) is 17.9. The predicted molar refractivity (Wildman–Crippen MR) is 93.1 cm³/mol. The molecule has 2 heterocycles. The first-order valence-electron chi connectivity index (χ1n) is 8.80. The molecule has 1 aromatic rings. The normalized spacial score (nSPS) is 21.7. The van der Waals surface area contributed by atoms with Gasteiger partial charge in [-0.2, -0.15) is 0 Å². The molecule has 0 spiro atoms. The Morgan fingerprint density at radius 2 is 2.17 bits per heavy atom. The van der Waals surface area contributed by atoms with Gasteiger partial charge in [0.05, 0.1) is 18.8 Å². The summed E-state index contributed by atoms with van der Waals surface area (Å²) in [5, 5.41) is 8.97. The minimum absolute atomic E-state index is 0.0333. The van der Waals surface area contributed by atoms with Gasteiger partial charge in [-0.25, -0.2) is 4.98 Å². The summed E-state index contributed by atoms with van der Waals surface area (Å²) in [7, 11) is 1.90. The molecule has 1 aliphatic rings. The Hall–Kier alpha value is -1.40. The lowest BCUT2D eigenvalue weighted by Crippen LogP contribution is -2.36. The Morgan fingerprint density at radius 3 is 2.75 bits per heavy atom. The first kappa shape index (κ1) is 18.9. The van der Waals surface area contributed by atoms with Crippen molar-refractivity contribution >= 4 is 5.97 Å². The van der Waals surface area contributed by atoms with Crippen molar-refractivity contribution in [2.24, 2.45) is 0 Å². The summed E-state index contributed by atoms with van der Waals surface area (Å²) in [6, 6.07) is 0.470. The Kier molecular flexibility index (Phi) is 6.04. The second-order valence-corrected chi connectivity index (χ2v) is 7.92. The number of likely N-dealkylation sites (N-methyl/N-ethyl adjacent to an activating group) is 1. The second kappa shape index (κ2) is 7.66. The zero-order valence-electron chi connectivity index (χ0n) is 15.6. The van der Waals surface area contributed by atoms with Gasteiger partial charge >= 0.3 is 5.97 Å². The van der Waals surface area contributed by atoms with Crippen LogP contribution in [0.3, 0.4) is 0 Å². The van der Waals surface area contributed by atoms with Crippen molar-refractivity contribution < 1.29 is 14.3 Å². The number of aliphatic carboxylic acids is 1. The van der Waals surface area contributed by atoms with Gasteiger partial charge in [0.1, 0.15) is 5.76 Å². The molecule has 1 N–H and O–H groups in total. The lowest BCUT2D eigenvalue weighted by molar-refractivity contribution is -0.138. The third-order valence-corrected chi connectivity index (χ3v) is 4.91. The maximum atomic E-state index is 10.9. The predicted octanol–water partition coefficient (Wildman–Crippen LogP) is 2.90. The van der Waals surface area contributed by atoms with E-state index >= 15 is 0 Å². The zero-order valence-corrected chi connectivity index (χ0v) is 15.6. The van der Waals surface area contributed by atoms with Crippen LogP contribution in [0.25, 0.3) is 0 Å². The lowest BCUT2D eigenvalue weighted by atomic mass is 9.94. The second-order valence-electron chi connectivity index (χ2n) is 7.92. The van der Waals surface area contributed by atoms with Crippen molar-refractivity contribution in [1.82, 2.24) is 14.8 Å². The Balaban J connectivity index is 1.98. The number of nitrogens with zero attached hydrogens (tertiary/aromatic N) is 3. The first-order chi connectivity index (χ1) is 11.2. The average molecular weight is 337 g/mol. The van der Waals surface area contributed by atoms with Crippen LogP contribution in [0.4, 0.5) is 0 Å². The van der Waals surface area contributed by atoms with Crippen molar-refractivity contribution in [2.45, 2.75) is 64.5 Å². The first-order valence-corrected chi connectivity index (χ1v) is 8.80. The largest absolute Gasteiger partial charge is 0.480 e. The fourth-order valence-corrected chi connectivity index (χ4v) is 3.26. The van der Waals surface area contributed by atoms with Gasteiger partial charge in [0.15, 0.2) is 0 Å². The van der Waals surface area contributed by atoms with E-state index in [-0.39, 0.29) is 18.0 Å². The molecule has 136 valence electrons. The van der Waals surface area contributed by atoms with Crippen molar-refractivity contribution in [3.05, 3.63) is 17.8 Å². The molecule has 1 aromatic heterocycles. The van der Waals surface area contributed by atoms with Gasteiger partial charge in [0.2, 0.25) is 5.89 Å². The smallest absolute Gasteiger partial charge is 0.317 e. The highest BCUT2D eigenvalue weighted by atomic mass is 16.4. The number of likely N-dealkylation sites (tertiary alicyclic amines) is 1. The van der Waals surface area contributed by atoms with Crippen molar-refractivity contribution in [1.29, 1.82) is 0 Å². The minimum Gasteiger partial charge on any atom is -0.480 e. The molecular formula is C18H31N3O3. The van der Waals surface area contributed by atoms with Crippen LogP contribution in [0, 0.1) is 0 Å². The Bertz CT molecular complexity index is 550. The monoisotopic (exact) mass is 337 g/mol. The fraction of sp³-hybridized carbons (Fsp3) is 0.778. The fourth-order valence-electron chi connectivity index (χ4n) is 3.26. The topological polar surface area (TPSA) is 69.8 Å². The highest BCUT2D eigenvalue weighted by Crippen LogP contribution is 2.28. The molecule has 2 atom stereocenters. The van der Waals surface area contributed by atoms with Crippen LogP contribution >= 0.6 is 0 Å². The molecule has 6 nitrogen and oxygen atoms in total. The van der Waals surface area contributed by atoms with Gasteiger partial charge in [0, 0.05) is 18.0 Å². The van der Waals surface area contributed by atoms with Crippen LogP contribution in [0.2, 0.25) is 0 Å². The molecule has 0 aliphatic carbocycles. The molecule has 2 unspecified atom stereocenters. The molecule has 0 amide bonds. The summed E-state index contributed by atoms with van der Waals surface area (Å²) in [6.07, 6.45) is 4.91. The molecular weight excluding hydrogens is 306 g/mol. The molecule has 24 heavy (non-hydrogen) atoms. The summed E-state index contributed by atoms with van der Waals surface area (Å²) >= 11 is 0. The third-order valence-electron chi connectivity index (χ3n) is 4.91. The molecule has 0 saturated carbocycles. The van der Waals surface area contributed by atoms with E-state index < -0.39 is 5.97 Å². The van der Waals surface area contributed by atoms with Gasteiger partial charge in [-0.05, 0) is 39.8 Å². The number of hydrogen-bond acceptors (Lipinski definition) is 5. The van der Waals surface area contributed by atoms with E-state index in [9.17, 15) is 4.79 Å². The highest BCUT2D eigenvalue weighted by Gasteiger charge is 2.27. The number of carbonyl (C=O) groups is 1. The van der Waals surface area contributed by atoms with Crippen LogP contribution in [0.1, 0.15) is 64.7 Å². The van der Waals surface area contributed by atoms with Crippen LogP contribution < -0.4 is 0 Å². The van der Waals surface area contributed by atoms with Gasteiger partial charge in [-0.15, -0.1) is 0 Å². The average Bonchev–Trinajstić information content (AvgIpc) is 2.84. The van der Waals surface area contributed by atoms with Crippen molar-refractivity contribution in [2.75, 3.05) is 26.7 Å². The highest BCUT2D eigenvalue weighted by molar-refractivity contribution is 5.69. The van der Waals surface area contributed by atoms with E-state index in [1.54, 1.807) is 0 Å². The maximum Gasteiger partial charge on any atom is 0.317 e. The molecule has 1 aliphatic heterocycles. The molecule has 1 fully saturated rings. The van der Waals surface area contributed by atoms with Gasteiger partial charge in [-0.3, -0.25) is 14.6 Å². The van der Waals surface area contributed by atoms with Crippen molar-refractivity contribution in [3.8, 4) is 0 Å². The van der Waals surface area contributed by atoms with Crippen LogP contribution in [-0.4, -0.2) is 58.6 Å². The standard InChI is InChI=1S/C18H31N3O3/c1-13(17-19-11-15(24-17)18(2,3)4)21-9-6-7-14(8-10-21)20(5)12-16(22)23/h11,13-14H,6-10,12H2,1-5H3,(H,22,23). The van der Waals surface area contributed by atoms with Gasteiger partial charge < -0.3 is 9.52 Å². The molecule has 2 rings (SSSR count). The molecule has 0 radical (unpaired) electrons. The SMILES string of the molecule is CC(c1ncc(C(C)(C)C)o1)N1CCCC(N(C)CC(=O)O)CC1. The van der Waals surface area contributed by atoms with E-state index in [0.29, 0.717) is 6.04 Å². The summed E-state index contributed by atoms with van der Waals surface area (Å²) in [4.78, 5) is 19.7. The van der Waals surface area contributed by atoms with E-state index in [4.69, 9.17) is 9.52 Å². The van der Waals surface area contributed by atoms with E-state index in [0.717, 1.165) is 44.0 Å². The van der Waals surface area contributed by atoms with Crippen molar-refractivity contribution in [3.63, 3.8) is 0 Å². The van der Waals surface area contributed by atoms with Crippen LogP contribution in [-0.2, 0) is 10.2 Å². The lowest BCUT2D eigenvalue weighted by Gasteiger charge is -2.27. The van der Waals surface area contributed by atoms with E-state index in [1.807, 2.05) is 18.1 Å². The summed E-state index contributed by atoms with van der Waals surface area (Å²) in [5.74, 6) is 0.928. The Morgan fingerprint density at radius 1 is 1.46 bits per heavy atom. The van der Waals surface area contributed by atoms with Crippen LogP contribution in [0.5, 0.6) is 0 Å². The van der Waals surface area contributed by atoms with E-state index in [1.165, 1.54) is 0 Å². The number of oxazole rings is 1. The minimum atomic E-state index is -0.763. The van der Waals surface area contributed by atoms with E-state index in [2.05, 4.69) is 37.6 Å².